The summed E-state index contributed by atoms with van der Waals surface area (Å²) < 4.78 is 35.8. The zero-order valence-electron chi connectivity index (χ0n) is 28.9. The molecule has 0 amide bonds. The molecule has 1 saturated heterocycles. The van der Waals surface area contributed by atoms with Crippen LogP contribution in [0.25, 0.3) is 5.52 Å². The maximum absolute atomic E-state index is 13.2. The molecule has 4 atom stereocenters. The third kappa shape index (κ3) is 9.92. The summed E-state index contributed by atoms with van der Waals surface area (Å²) in [6.07, 6.45) is 0.954. The topological polar surface area (TPSA) is 188 Å². The number of aliphatic imine (C=N–C) groups is 1. The van der Waals surface area contributed by atoms with Gasteiger partial charge in [-0.25, -0.2) is 14.5 Å². The third-order valence-electron chi connectivity index (χ3n) is 7.49. The Hall–Kier alpha value is -4.17. The second-order valence-electron chi connectivity index (χ2n) is 12.2. The first-order chi connectivity index (χ1) is 22.8. The van der Waals surface area contributed by atoms with Crippen molar-refractivity contribution in [1.29, 1.82) is 5.26 Å². The largest absolute Gasteiger partial charge is 0.461 e. The van der Waals surface area contributed by atoms with Gasteiger partial charge in [-0.15, -0.1) is 0 Å². The highest BCUT2D eigenvalue weighted by Gasteiger charge is 2.51. The van der Waals surface area contributed by atoms with Gasteiger partial charge in [0.05, 0.1) is 50.4 Å². The Morgan fingerprint density at radius 2 is 1.79 bits per heavy atom. The minimum atomic E-state index is -2.00. The van der Waals surface area contributed by atoms with Gasteiger partial charge in [-0.05, 0) is 19.1 Å². The summed E-state index contributed by atoms with van der Waals surface area (Å²) in [6, 6.07) is 4.67. The van der Waals surface area contributed by atoms with Crippen molar-refractivity contribution in [2.45, 2.75) is 77.4 Å². The van der Waals surface area contributed by atoms with Crippen LogP contribution in [-0.2, 0) is 42.8 Å². The fourth-order valence-corrected chi connectivity index (χ4v) is 4.56. The summed E-state index contributed by atoms with van der Waals surface area (Å²) in [5.74, 6) is -2.60. The molecular formula is C32H47N7O9. The molecule has 2 aromatic rings. The van der Waals surface area contributed by atoms with Crippen LogP contribution in [0, 0.1) is 23.2 Å². The van der Waals surface area contributed by atoms with Crippen LogP contribution in [-0.4, -0.2) is 115 Å². The summed E-state index contributed by atoms with van der Waals surface area (Å²) >= 11 is 0. The van der Waals surface area contributed by atoms with Crippen LogP contribution < -0.4 is 5.32 Å². The zero-order chi connectivity index (χ0) is 35.4. The SMILES string of the molecule is CO[C@](C#N)(COCN[C@@H](C)C(=O)OC1CCOCC1)[C@@H](OC(=O)C(C)C)[C@@H](OC(=O)C(C)C)c1ccc2c(/N=C/N(C)C)ncnn12. The number of ether oxygens (including phenoxy) is 6. The van der Waals surface area contributed by atoms with Gasteiger partial charge in [0.1, 0.15) is 30.1 Å². The van der Waals surface area contributed by atoms with E-state index >= 15 is 0 Å². The van der Waals surface area contributed by atoms with E-state index in [0.717, 1.165) is 0 Å². The maximum Gasteiger partial charge on any atom is 0.323 e. The zero-order valence-corrected chi connectivity index (χ0v) is 28.9. The minimum absolute atomic E-state index is 0.188. The highest BCUT2D eigenvalue weighted by Crippen LogP contribution is 2.36. The lowest BCUT2D eigenvalue weighted by atomic mass is 9.92. The Morgan fingerprint density at radius 1 is 1.12 bits per heavy atom. The number of fused-ring (bicyclic) bond motifs is 1. The van der Waals surface area contributed by atoms with Gasteiger partial charge in [-0.3, -0.25) is 19.7 Å². The van der Waals surface area contributed by atoms with Crippen molar-refractivity contribution in [1.82, 2.24) is 24.8 Å². The molecule has 16 heteroatoms. The molecule has 1 N–H and O–H groups in total. The van der Waals surface area contributed by atoms with E-state index in [-0.39, 0.29) is 18.5 Å². The Labute approximate surface area is 280 Å². The number of rotatable bonds is 17. The molecule has 2 aromatic heterocycles. The summed E-state index contributed by atoms with van der Waals surface area (Å²) in [4.78, 5) is 49.3. The number of nitriles is 1. The molecule has 16 nitrogen and oxygen atoms in total. The lowest BCUT2D eigenvalue weighted by Crippen LogP contribution is -2.54. The molecule has 48 heavy (non-hydrogen) atoms. The van der Waals surface area contributed by atoms with E-state index in [9.17, 15) is 19.6 Å². The molecule has 0 spiro atoms. The number of nitrogens with one attached hydrogen (secondary N) is 1. The van der Waals surface area contributed by atoms with Crippen LogP contribution in [0.3, 0.4) is 0 Å². The van der Waals surface area contributed by atoms with Crippen LogP contribution in [0.4, 0.5) is 5.82 Å². The molecule has 0 saturated carbocycles. The van der Waals surface area contributed by atoms with Gasteiger partial charge < -0.3 is 33.3 Å². The number of carbonyl (C=O) groups excluding carboxylic acids is 3. The van der Waals surface area contributed by atoms with Crippen molar-refractivity contribution < 1.29 is 42.8 Å². The first-order valence-corrected chi connectivity index (χ1v) is 15.8. The van der Waals surface area contributed by atoms with Crippen LogP contribution >= 0.6 is 0 Å². The molecule has 0 aliphatic carbocycles. The standard InChI is InChI=1S/C32H47N7O9/c1-20(2)29(40)47-26(24-9-10-25-28(35-18-38(6)7)34-17-37-39(24)25)27(48-30(41)21(3)4)32(15-33,43-8)16-45-19-36-22(5)31(42)46-23-11-13-44-14-12-23/h9-10,17-18,20-23,26-27,36H,11-14,16,19H2,1-8H3/b35-18+/t22-,26-,27-,32+/m0/s1. The van der Waals surface area contributed by atoms with Gasteiger partial charge >= 0.3 is 17.9 Å². The Balaban J connectivity index is 1.96. The van der Waals surface area contributed by atoms with Crippen molar-refractivity contribution in [2.75, 3.05) is 47.8 Å². The molecule has 0 radical (unpaired) electrons. The average molecular weight is 674 g/mol. The predicted molar refractivity (Wildman–Crippen MR) is 172 cm³/mol. The van der Waals surface area contributed by atoms with Crippen molar-refractivity contribution in [2.24, 2.45) is 16.8 Å². The van der Waals surface area contributed by atoms with Crippen LogP contribution in [0.15, 0.2) is 23.5 Å². The minimum Gasteiger partial charge on any atom is -0.461 e. The third-order valence-corrected chi connectivity index (χ3v) is 7.49. The van der Waals surface area contributed by atoms with E-state index in [1.165, 1.54) is 18.0 Å². The summed E-state index contributed by atoms with van der Waals surface area (Å²) in [6.45, 7) is 8.62. The molecule has 264 valence electrons. The second kappa shape index (κ2) is 17.8. The van der Waals surface area contributed by atoms with Gasteiger partial charge in [0.15, 0.2) is 18.0 Å². The van der Waals surface area contributed by atoms with Crippen molar-refractivity contribution >= 4 is 35.6 Å². The molecule has 3 heterocycles. The Kier molecular flexibility index (Phi) is 14.2. The van der Waals surface area contributed by atoms with E-state index in [0.29, 0.717) is 37.4 Å². The second-order valence-corrected chi connectivity index (χ2v) is 12.2. The molecule has 1 fully saturated rings. The van der Waals surface area contributed by atoms with Gasteiger partial charge in [-0.2, -0.15) is 10.4 Å². The monoisotopic (exact) mass is 673 g/mol. The number of hydrogen-bond acceptors (Lipinski definition) is 14. The summed E-state index contributed by atoms with van der Waals surface area (Å²) in [7, 11) is 4.88. The lowest BCUT2D eigenvalue weighted by Gasteiger charge is -2.37. The van der Waals surface area contributed by atoms with Gasteiger partial charge in [0.25, 0.3) is 0 Å². The van der Waals surface area contributed by atoms with E-state index in [2.05, 4.69) is 26.5 Å². The normalized spacial score (nSPS) is 17.1. The highest BCUT2D eigenvalue weighted by molar-refractivity contribution is 5.75. The molecule has 3 rings (SSSR count). The molecule has 1 aliphatic heterocycles. The first kappa shape index (κ1) is 38.3. The number of esters is 3. The van der Waals surface area contributed by atoms with Gasteiger partial charge in [0.2, 0.25) is 5.60 Å². The number of methoxy groups -OCH3 is 1. The fraction of sp³-hybridized carbons (Fsp3) is 0.656. The first-order valence-electron chi connectivity index (χ1n) is 15.8. The smallest absolute Gasteiger partial charge is 0.323 e. The molecule has 0 bridgehead atoms. The number of nitrogens with zero attached hydrogens (tertiary/aromatic N) is 6. The fourth-order valence-electron chi connectivity index (χ4n) is 4.56. The number of hydrogen-bond donors (Lipinski definition) is 1. The average Bonchev–Trinajstić information content (AvgIpc) is 3.50. The van der Waals surface area contributed by atoms with E-state index in [4.69, 9.17) is 28.4 Å². The number of aromatic nitrogens is 3. The predicted octanol–water partition coefficient (Wildman–Crippen LogP) is 2.34. The highest BCUT2D eigenvalue weighted by atomic mass is 16.6. The number of carbonyl (C=O) groups is 3. The molecular weight excluding hydrogens is 626 g/mol. The van der Waals surface area contributed by atoms with Crippen molar-refractivity contribution in [3.63, 3.8) is 0 Å². The summed E-state index contributed by atoms with van der Waals surface area (Å²) in [5.41, 5.74) is -1.26. The Morgan fingerprint density at radius 3 is 2.40 bits per heavy atom. The summed E-state index contributed by atoms with van der Waals surface area (Å²) in [5, 5.41) is 17.9. The van der Waals surface area contributed by atoms with Crippen molar-refractivity contribution in [3.8, 4) is 6.07 Å². The lowest BCUT2D eigenvalue weighted by molar-refractivity contribution is -0.201. The van der Waals surface area contributed by atoms with Crippen LogP contribution in [0.2, 0.25) is 0 Å². The van der Waals surface area contributed by atoms with E-state index in [1.54, 1.807) is 58.0 Å². The maximum atomic E-state index is 13.2. The molecule has 0 aromatic carbocycles. The van der Waals surface area contributed by atoms with Crippen molar-refractivity contribution in [3.05, 3.63) is 24.2 Å². The molecule has 0 unspecified atom stereocenters. The quantitative estimate of drug-likeness (QED) is 0.0643. The van der Waals surface area contributed by atoms with E-state index < -0.39 is 60.2 Å². The van der Waals surface area contributed by atoms with Gasteiger partial charge in [-0.1, -0.05) is 27.7 Å². The van der Waals surface area contributed by atoms with Gasteiger partial charge in [0, 0.05) is 34.0 Å². The molecule has 1 aliphatic rings. The van der Waals surface area contributed by atoms with Crippen LogP contribution in [0.5, 0.6) is 0 Å². The Bertz CT molecular complexity index is 1450. The van der Waals surface area contributed by atoms with Crippen LogP contribution in [0.1, 0.15) is 59.3 Å². The van der Waals surface area contributed by atoms with E-state index in [1.807, 2.05) is 14.1 Å².